The van der Waals surface area contributed by atoms with Gasteiger partial charge in [-0.25, -0.2) is 0 Å². The molecule has 0 unspecified atom stereocenters. The van der Waals surface area contributed by atoms with Crippen LogP contribution in [0.4, 0.5) is 11.4 Å². The van der Waals surface area contributed by atoms with E-state index >= 15 is 0 Å². The van der Waals surface area contributed by atoms with E-state index in [0.29, 0.717) is 16.9 Å². The first-order valence-corrected chi connectivity index (χ1v) is 8.30. The molecule has 1 aliphatic rings. The topological polar surface area (TPSA) is 67.6 Å². The molecule has 1 saturated heterocycles. The summed E-state index contributed by atoms with van der Waals surface area (Å²) in [6.07, 6.45) is 1.28. The van der Waals surface area contributed by atoms with Crippen LogP contribution in [0.3, 0.4) is 0 Å². The third-order valence-electron chi connectivity index (χ3n) is 4.30. The molecule has 1 fully saturated rings. The Morgan fingerprint density at radius 2 is 2.00 bits per heavy atom. The normalized spacial score (nSPS) is 17.6. The number of likely N-dealkylation sites (N-methyl/N-ethyl adjacent to an activating group) is 1. The fraction of sp³-hybridized carbons (Fsp3) is 0.316. The number of rotatable bonds is 5. The zero-order valence-corrected chi connectivity index (χ0v) is 13.9. The van der Waals surface area contributed by atoms with Gasteiger partial charge in [0.25, 0.3) is 5.91 Å². The minimum Gasteiger partial charge on any atom is -0.489 e. The van der Waals surface area contributed by atoms with Crippen LogP contribution in [-0.2, 0) is 0 Å². The van der Waals surface area contributed by atoms with Gasteiger partial charge in [-0.2, -0.15) is 0 Å². The van der Waals surface area contributed by atoms with Crippen molar-refractivity contribution in [2.24, 2.45) is 0 Å². The van der Waals surface area contributed by atoms with Gasteiger partial charge >= 0.3 is 0 Å². The fourth-order valence-corrected chi connectivity index (χ4v) is 2.86. The Kier molecular flexibility index (Phi) is 5.01. The molecule has 3 N–H and O–H groups in total. The monoisotopic (exact) mass is 325 g/mol. The molecule has 2 aromatic carbocycles. The van der Waals surface area contributed by atoms with Gasteiger partial charge in [-0.1, -0.05) is 19.1 Å². The average Bonchev–Trinajstić information content (AvgIpc) is 3.05. The number of nitrogens with one attached hydrogen (secondary N) is 1. The van der Waals surface area contributed by atoms with Gasteiger partial charge in [0, 0.05) is 18.7 Å². The summed E-state index contributed by atoms with van der Waals surface area (Å²) >= 11 is 0. The maximum Gasteiger partial charge on any atom is 0.255 e. The number of hydrogen-bond acceptors (Lipinski definition) is 4. The number of anilines is 2. The summed E-state index contributed by atoms with van der Waals surface area (Å²) in [5, 5.41) is 2.82. The summed E-state index contributed by atoms with van der Waals surface area (Å²) in [4.78, 5) is 14.7. The van der Waals surface area contributed by atoms with E-state index in [4.69, 9.17) is 10.5 Å². The van der Waals surface area contributed by atoms with E-state index < -0.39 is 0 Å². The molecule has 1 amide bonds. The average molecular weight is 325 g/mol. The summed E-state index contributed by atoms with van der Waals surface area (Å²) in [7, 11) is 0. The van der Waals surface area contributed by atoms with Crippen LogP contribution in [0.25, 0.3) is 0 Å². The van der Waals surface area contributed by atoms with Gasteiger partial charge in [-0.3, -0.25) is 9.69 Å². The minimum atomic E-state index is -0.183. The van der Waals surface area contributed by atoms with Crippen molar-refractivity contribution in [3.05, 3.63) is 54.1 Å². The Bertz CT molecular complexity index is 700. The van der Waals surface area contributed by atoms with Gasteiger partial charge in [0.1, 0.15) is 11.9 Å². The molecule has 24 heavy (non-hydrogen) atoms. The van der Waals surface area contributed by atoms with Crippen molar-refractivity contribution in [2.75, 3.05) is 30.7 Å². The van der Waals surface area contributed by atoms with Gasteiger partial charge in [0.2, 0.25) is 0 Å². The summed E-state index contributed by atoms with van der Waals surface area (Å²) < 4.78 is 5.99. The lowest BCUT2D eigenvalue weighted by Crippen LogP contribution is -2.24. The van der Waals surface area contributed by atoms with Crippen molar-refractivity contribution in [3.63, 3.8) is 0 Å². The van der Waals surface area contributed by atoms with E-state index in [9.17, 15) is 4.79 Å². The van der Waals surface area contributed by atoms with Crippen molar-refractivity contribution in [1.82, 2.24) is 4.90 Å². The Morgan fingerprint density at radius 3 is 2.67 bits per heavy atom. The molecule has 0 saturated carbocycles. The lowest BCUT2D eigenvalue weighted by molar-refractivity contribution is 0.102. The molecule has 1 atom stereocenters. The van der Waals surface area contributed by atoms with Crippen molar-refractivity contribution in [1.29, 1.82) is 0 Å². The lowest BCUT2D eigenvalue weighted by atomic mass is 10.2. The smallest absolute Gasteiger partial charge is 0.255 e. The van der Waals surface area contributed by atoms with Crippen LogP contribution in [-0.4, -0.2) is 36.5 Å². The predicted molar refractivity (Wildman–Crippen MR) is 96.4 cm³/mol. The molecule has 0 aromatic heterocycles. The van der Waals surface area contributed by atoms with Crippen LogP contribution in [0.15, 0.2) is 48.5 Å². The third-order valence-corrected chi connectivity index (χ3v) is 4.30. The number of likely N-dealkylation sites (tertiary alicyclic amines) is 1. The second-order valence-corrected chi connectivity index (χ2v) is 5.99. The fourth-order valence-electron chi connectivity index (χ4n) is 2.86. The Labute approximate surface area is 142 Å². The van der Waals surface area contributed by atoms with Crippen molar-refractivity contribution < 1.29 is 9.53 Å². The third kappa shape index (κ3) is 3.86. The summed E-state index contributed by atoms with van der Waals surface area (Å²) in [6.45, 7) is 5.27. The quantitative estimate of drug-likeness (QED) is 0.829. The molecule has 3 rings (SSSR count). The van der Waals surface area contributed by atoms with Crippen LogP contribution in [0, 0.1) is 0 Å². The Morgan fingerprint density at radius 1 is 1.25 bits per heavy atom. The first-order chi connectivity index (χ1) is 11.7. The summed E-state index contributed by atoms with van der Waals surface area (Å²) in [5.41, 5.74) is 7.59. The maximum absolute atomic E-state index is 12.3. The number of nitrogen functional groups attached to an aromatic ring is 1. The summed E-state index contributed by atoms with van der Waals surface area (Å²) in [6, 6.07) is 14.4. The highest BCUT2D eigenvalue weighted by Gasteiger charge is 2.22. The van der Waals surface area contributed by atoms with Crippen LogP contribution < -0.4 is 15.8 Å². The standard InChI is InChI=1S/C19H23N3O2/c1-2-22-12-11-16(13-22)24-15-9-7-14(8-10-15)19(23)21-18-6-4-3-5-17(18)20/h3-10,16H,2,11-13,20H2,1H3,(H,21,23)/t16-/m0/s1. The van der Waals surface area contributed by atoms with Crippen molar-refractivity contribution in [3.8, 4) is 5.75 Å². The first kappa shape index (κ1) is 16.3. The molecule has 5 heteroatoms. The molecule has 0 aliphatic carbocycles. The van der Waals surface area contributed by atoms with E-state index in [1.807, 2.05) is 24.3 Å². The van der Waals surface area contributed by atoms with E-state index in [0.717, 1.165) is 31.8 Å². The molecule has 0 bridgehead atoms. The van der Waals surface area contributed by atoms with Crippen LogP contribution in [0.2, 0.25) is 0 Å². The van der Waals surface area contributed by atoms with Gasteiger partial charge in [-0.05, 0) is 49.4 Å². The van der Waals surface area contributed by atoms with Crippen LogP contribution in [0.5, 0.6) is 5.75 Å². The number of nitrogens with zero attached hydrogens (tertiary/aromatic N) is 1. The second-order valence-electron chi connectivity index (χ2n) is 5.99. The summed E-state index contributed by atoms with van der Waals surface area (Å²) in [5.74, 6) is 0.617. The molecule has 5 nitrogen and oxygen atoms in total. The van der Waals surface area contributed by atoms with Gasteiger partial charge in [0.05, 0.1) is 11.4 Å². The number of ether oxygens (including phenoxy) is 1. The number of carbonyl (C=O) groups excluding carboxylic acids is 1. The zero-order valence-electron chi connectivity index (χ0n) is 13.9. The minimum absolute atomic E-state index is 0.183. The number of para-hydroxylation sites is 2. The van der Waals surface area contributed by atoms with Crippen LogP contribution in [0.1, 0.15) is 23.7 Å². The molecular weight excluding hydrogens is 302 g/mol. The molecule has 1 aliphatic heterocycles. The molecule has 0 radical (unpaired) electrons. The largest absolute Gasteiger partial charge is 0.489 e. The molecular formula is C19H23N3O2. The van der Waals surface area contributed by atoms with Gasteiger partial charge in [0.15, 0.2) is 0 Å². The lowest BCUT2D eigenvalue weighted by Gasteiger charge is -2.15. The molecule has 1 heterocycles. The van der Waals surface area contributed by atoms with E-state index in [1.54, 1.807) is 24.3 Å². The number of nitrogens with two attached hydrogens (primary N) is 1. The van der Waals surface area contributed by atoms with Crippen molar-refractivity contribution in [2.45, 2.75) is 19.4 Å². The number of amides is 1. The van der Waals surface area contributed by atoms with Gasteiger partial charge < -0.3 is 15.8 Å². The van der Waals surface area contributed by atoms with E-state index in [2.05, 4.69) is 17.1 Å². The Hall–Kier alpha value is -2.53. The highest BCUT2D eigenvalue weighted by Crippen LogP contribution is 2.21. The number of carbonyl (C=O) groups is 1. The number of hydrogen-bond donors (Lipinski definition) is 2. The Balaban J connectivity index is 1.60. The van der Waals surface area contributed by atoms with E-state index in [1.165, 1.54) is 0 Å². The highest BCUT2D eigenvalue weighted by atomic mass is 16.5. The van der Waals surface area contributed by atoms with Crippen LogP contribution >= 0.6 is 0 Å². The molecule has 0 spiro atoms. The highest BCUT2D eigenvalue weighted by molar-refractivity contribution is 6.05. The maximum atomic E-state index is 12.3. The first-order valence-electron chi connectivity index (χ1n) is 8.30. The molecule has 126 valence electrons. The predicted octanol–water partition coefficient (Wildman–Crippen LogP) is 2.99. The van der Waals surface area contributed by atoms with Crippen molar-refractivity contribution >= 4 is 17.3 Å². The second kappa shape index (κ2) is 7.36. The molecule has 2 aromatic rings. The van der Waals surface area contributed by atoms with E-state index in [-0.39, 0.29) is 12.0 Å². The number of benzene rings is 2. The zero-order chi connectivity index (χ0) is 16.9. The SMILES string of the molecule is CCN1CC[C@H](Oc2ccc(C(=O)Nc3ccccc3N)cc2)C1. The van der Waals surface area contributed by atoms with Gasteiger partial charge in [-0.15, -0.1) is 0 Å².